The van der Waals surface area contributed by atoms with Crippen molar-refractivity contribution in [2.45, 2.75) is 0 Å². The van der Waals surface area contributed by atoms with Crippen molar-refractivity contribution in [3.63, 3.8) is 0 Å². The van der Waals surface area contributed by atoms with Crippen molar-refractivity contribution in [3.8, 4) is 0 Å². The molecule has 0 aliphatic carbocycles. The van der Waals surface area contributed by atoms with E-state index in [4.69, 9.17) is 0 Å². The first-order valence-corrected chi connectivity index (χ1v) is 9.66. The Labute approximate surface area is 192 Å². The van der Waals surface area contributed by atoms with Crippen LogP contribution in [0.2, 0.25) is 0 Å². The fraction of sp³-hybridized carbons (Fsp3) is 0. The van der Waals surface area contributed by atoms with Gasteiger partial charge in [-0.2, -0.15) is 0 Å². The second-order valence-electron chi connectivity index (χ2n) is 6.94. The van der Waals surface area contributed by atoms with E-state index in [0.717, 1.165) is 12.2 Å². The molecule has 34 heavy (non-hydrogen) atoms. The Hall–Kier alpha value is -5.12. The molecule has 170 valence electrons. The number of nitrogens with zero attached hydrogens (tertiary/aromatic N) is 2. The summed E-state index contributed by atoms with van der Waals surface area (Å²) >= 11 is 0. The van der Waals surface area contributed by atoms with Crippen molar-refractivity contribution in [1.82, 2.24) is 0 Å². The lowest BCUT2D eigenvalue weighted by Crippen LogP contribution is -2.04. The summed E-state index contributed by atoms with van der Waals surface area (Å²) in [4.78, 5) is 45.2. The molecule has 3 rings (SSSR count). The van der Waals surface area contributed by atoms with E-state index < -0.39 is 21.8 Å². The van der Waals surface area contributed by atoms with Crippen molar-refractivity contribution in [1.29, 1.82) is 0 Å². The summed E-state index contributed by atoms with van der Waals surface area (Å²) in [6, 6.07) is 16.8. The maximum atomic E-state index is 12.0. The molecular formula is C24H16N2O8. The standard InChI is InChI=1S/C24H16N2O8/c27-23(28)19(13-17-6-1-3-10-21(17)25(31)32)15-8-5-9-16(12-15)20(24(29)30)14-18-7-2-4-11-22(18)26(33)34/h1-14H,(H,27,28)(H,29,30)/b19-13+,20-14+. The van der Waals surface area contributed by atoms with E-state index in [2.05, 4.69) is 0 Å². The lowest BCUT2D eigenvalue weighted by molar-refractivity contribution is -0.385. The van der Waals surface area contributed by atoms with Crippen LogP contribution < -0.4 is 0 Å². The number of carbonyl (C=O) groups is 2. The molecule has 0 bridgehead atoms. The van der Waals surface area contributed by atoms with Gasteiger partial charge in [0.05, 0.1) is 32.1 Å². The van der Waals surface area contributed by atoms with E-state index in [1.807, 2.05) is 0 Å². The van der Waals surface area contributed by atoms with E-state index >= 15 is 0 Å². The molecule has 3 aromatic carbocycles. The Kier molecular flexibility index (Phi) is 6.92. The number of nitro groups is 2. The zero-order chi connectivity index (χ0) is 24.8. The number of benzene rings is 3. The molecule has 2 N–H and O–H groups in total. The van der Waals surface area contributed by atoms with Crippen molar-refractivity contribution >= 4 is 46.6 Å². The fourth-order valence-corrected chi connectivity index (χ4v) is 3.25. The third kappa shape index (κ3) is 5.19. The van der Waals surface area contributed by atoms with Crippen LogP contribution in [0.4, 0.5) is 11.4 Å². The van der Waals surface area contributed by atoms with Crippen LogP contribution in [0.25, 0.3) is 23.3 Å². The van der Waals surface area contributed by atoms with Crippen LogP contribution in [0.5, 0.6) is 0 Å². The molecule has 0 radical (unpaired) electrons. The third-order valence-electron chi connectivity index (χ3n) is 4.81. The molecule has 0 saturated heterocycles. The number of aliphatic carboxylic acids is 2. The topological polar surface area (TPSA) is 161 Å². The normalized spacial score (nSPS) is 11.6. The van der Waals surface area contributed by atoms with Crippen LogP contribution in [0.15, 0.2) is 72.8 Å². The Morgan fingerprint density at radius 2 is 1.03 bits per heavy atom. The Bertz CT molecular complexity index is 1270. The van der Waals surface area contributed by atoms with Crippen LogP contribution in [-0.4, -0.2) is 32.0 Å². The lowest BCUT2D eigenvalue weighted by Gasteiger charge is -2.08. The van der Waals surface area contributed by atoms with Crippen LogP contribution in [-0.2, 0) is 9.59 Å². The Morgan fingerprint density at radius 3 is 1.38 bits per heavy atom. The largest absolute Gasteiger partial charge is 0.478 e. The minimum Gasteiger partial charge on any atom is -0.478 e. The maximum Gasteiger partial charge on any atom is 0.336 e. The number of rotatable bonds is 8. The first kappa shape index (κ1) is 23.5. The molecule has 10 nitrogen and oxygen atoms in total. The van der Waals surface area contributed by atoms with Gasteiger partial charge in [-0.05, 0) is 41.5 Å². The highest BCUT2D eigenvalue weighted by Crippen LogP contribution is 2.29. The minimum absolute atomic E-state index is 0.0595. The summed E-state index contributed by atoms with van der Waals surface area (Å²) in [5, 5.41) is 42.1. The van der Waals surface area contributed by atoms with Crippen molar-refractivity contribution in [2.75, 3.05) is 0 Å². The van der Waals surface area contributed by atoms with E-state index in [1.165, 1.54) is 72.8 Å². The van der Waals surface area contributed by atoms with E-state index in [9.17, 15) is 40.0 Å². The molecule has 0 saturated carbocycles. The maximum absolute atomic E-state index is 12.0. The second kappa shape index (κ2) is 10.0. The first-order chi connectivity index (χ1) is 16.2. The molecule has 0 spiro atoms. The van der Waals surface area contributed by atoms with Gasteiger partial charge >= 0.3 is 11.9 Å². The van der Waals surface area contributed by atoms with Gasteiger partial charge in [0.25, 0.3) is 11.4 Å². The van der Waals surface area contributed by atoms with Crippen LogP contribution in [0, 0.1) is 20.2 Å². The SMILES string of the molecule is O=C(O)/C(=C/c1ccccc1[N+](=O)[O-])c1cccc(/C(=C\c2ccccc2[N+](=O)[O-])C(=O)O)c1. The minimum atomic E-state index is -1.38. The van der Waals surface area contributed by atoms with Crippen molar-refractivity contribution in [3.05, 3.63) is 115 Å². The Balaban J connectivity index is 2.16. The average molecular weight is 460 g/mol. The van der Waals surface area contributed by atoms with Gasteiger partial charge < -0.3 is 10.2 Å². The summed E-state index contributed by atoms with van der Waals surface area (Å²) in [5.41, 5.74) is -0.873. The summed E-state index contributed by atoms with van der Waals surface area (Å²) in [6.45, 7) is 0. The number of hydrogen-bond acceptors (Lipinski definition) is 6. The zero-order valence-corrected chi connectivity index (χ0v) is 17.3. The molecule has 10 heteroatoms. The van der Waals surface area contributed by atoms with Crippen LogP contribution >= 0.6 is 0 Å². The van der Waals surface area contributed by atoms with Gasteiger partial charge in [-0.25, -0.2) is 9.59 Å². The van der Waals surface area contributed by atoms with Gasteiger partial charge in [-0.15, -0.1) is 0 Å². The lowest BCUT2D eigenvalue weighted by atomic mass is 9.96. The number of nitro benzene ring substituents is 2. The molecule has 0 unspecified atom stereocenters. The van der Waals surface area contributed by atoms with E-state index in [1.54, 1.807) is 0 Å². The number of carboxylic acid groups (broad SMARTS) is 2. The second-order valence-corrected chi connectivity index (χ2v) is 6.94. The van der Waals surface area contributed by atoms with Gasteiger partial charge in [-0.1, -0.05) is 42.5 Å². The highest BCUT2D eigenvalue weighted by atomic mass is 16.6. The molecule has 0 atom stereocenters. The summed E-state index contributed by atoms with van der Waals surface area (Å²) < 4.78 is 0. The van der Waals surface area contributed by atoms with Crippen LogP contribution in [0.1, 0.15) is 22.3 Å². The predicted octanol–water partition coefficient (Wildman–Crippen LogP) is 4.75. The van der Waals surface area contributed by atoms with Gasteiger partial charge in [-0.3, -0.25) is 20.2 Å². The number of para-hydroxylation sites is 2. The third-order valence-corrected chi connectivity index (χ3v) is 4.81. The van der Waals surface area contributed by atoms with E-state index in [-0.39, 0.29) is 44.8 Å². The summed E-state index contributed by atoms with van der Waals surface area (Å²) in [6.07, 6.45) is 2.26. The predicted molar refractivity (Wildman–Crippen MR) is 124 cm³/mol. The van der Waals surface area contributed by atoms with Gasteiger partial charge in [0.15, 0.2) is 0 Å². The van der Waals surface area contributed by atoms with Crippen molar-refractivity contribution in [2.24, 2.45) is 0 Å². The molecular weight excluding hydrogens is 444 g/mol. The van der Waals surface area contributed by atoms with Gasteiger partial charge in [0, 0.05) is 12.1 Å². The average Bonchev–Trinajstić information content (AvgIpc) is 2.81. The zero-order valence-electron chi connectivity index (χ0n) is 17.3. The Morgan fingerprint density at radius 1 is 0.647 bits per heavy atom. The summed E-state index contributed by atoms with van der Waals surface area (Å²) in [7, 11) is 0. The molecule has 0 aromatic heterocycles. The first-order valence-electron chi connectivity index (χ1n) is 9.66. The highest BCUT2D eigenvalue weighted by molar-refractivity contribution is 6.23. The monoisotopic (exact) mass is 460 g/mol. The van der Waals surface area contributed by atoms with Gasteiger partial charge in [0.1, 0.15) is 0 Å². The van der Waals surface area contributed by atoms with Crippen molar-refractivity contribution < 1.29 is 29.6 Å². The van der Waals surface area contributed by atoms with Crippen LogP contribution in [0.3, 0.4) is 0 Å². The number of hydrogen-bond donors (Lipinski definition) is 2. The molecule has 0 fully saturated rings. The van der Waals surface area contributed by atoms with E-state index in [0.29, 0.717) is 0 Å². The smallest absolute Gasteiger partial charge is 0.336 e. The number of carboxylic acids is 2. The molecule has 3 aromatic rings. The summed E-state index contributed by atoms with van der Waals surface area (Å²) in [5.74, 6) is -2.76. The fourth-order valence-electron chi connectivity index (χ4n) is 3.25. The molecule has 0 amide bonds. The molecule has 0 heterocycles. The quantitative estimate of drug-likeness (QED) is 0.211. The highest BCUT2D eigenvalue weighted by Gasteiger charge is 2.19. The molecule has 0 aliphatic heterocycles. The molecule has 0 aliphatic rings. The van der Waals surface area contributed by atoms with Gasteiger partial charge in [0.2, 0.25) is 0 Å².